The molecule has 1 aliphatic carbocycles. The molecule has 0 amide bonds. The Labute approximate surface area is 109 Å². The standard InChI is InChI=1S/C14H24N2S/c1-14(2,3)11-4-6-12(7-5-11)16-9-13-8-15-10-17-13/h8,10-12,16H,4-7,9H2,1-3H3. The summed E-state index contributed by atoms with van der Waals surface area (Å²) in [6, 6.07) is 0.718. The number of nitrogens with zero attached hydrogens (tertiary/aromatic N) is 1. The molecule has 2 rings (SSSR count). The van der Waals surface area contributed by atoms with Crippen LogP contribution in [0.25, 0.3) is 0 Å². The monoisotopic (exact) mass is 252 g/mol. The second kappa shape index (κ2) is 5.49. The Morgan fingerprint density at radius 2 is 2.00 bits per heavy atom. The fraction of sp³-hybridized carbons (Fsp3) is 0.786. The molecule has 0 radical (unpaired) electrons. The van der Waals surface area contributed by atoms with Gasteiger partial charge < -0.3 is 5.32 Å². The summed E-state index contributed by atoms with van der Waals surface area (Å²) < 4.78 is 0. The molecule has 1 aromatic heterocycles. The molecular formula is C14H24N2S. The molecule has 3 heteroatoms. The zero-order valence-corrected chi connectivity index (χ0v) is 12.0. The largest absolute Gasteiger partial charge is 0.309 e. The fourth-order valence-electron chi connectivity index (χ4n) is 2.74. The van der Waals surface area contributed by atoms with Gasteiger partial charge in [-0.2, -0.15) is 0 Å². The molecule has 1 N–H and O–H groups in total. The van der Waals surface area contributed by atoms with Crippen molar-refractivity contribution in [2.24, 2.45) is 11.3 Å². The molecule has 0 aliphatic heterocycles. The van der Waals surface area contributed by atoms with Gasteiger partial charge in [0.05, 0.1) is 5.51 Å². The Bertz CT molecular complexity index is 318. The van der Waals surface area contributed by atoms with Gasteiger partial charge in [0.15, 0.2) is 0 Å². The smallest absolute Gasteiger partial charge is 0.0794 e. The number of aromatic nitrogens is 1. The summed E-state index contributed by atoms with van der Waals surface area (Å²) in [6.45, 7) is 8.13. The highest BCUT2D eigenvalue weighted by molar-refractivity contribution is 7.09. The van der Waals surface area contributed by atoms with Crippen molar-refractivity contribution in [3.63, 3.8) is 0 Å². The second-order valence-electron chi connectivity index (χ2n) is 6.26. The molecule has 1 heterocycles. The van der Waals surface area contributed by atoms with E-state index in [1.54, 1.807) is 11.3 Å². The number of rotatable bonds is 3. The minimum absolute atomic E-state index is 0.489. The van der Waals surface area contributed by atoms with Crippen molar-refractivity contribution in [1.82, 2.24) is 10.3 Å². The quantitative estimate of drug-likeness (QED) is 0.884. The van der Waals surface area contributed by atoms with Crippen molar-refractivity contribution in [2.45, 2.75) is 59.0 Å². The van der Waals surface area contributed by atoms with Gasteiger partial charge >= 0.3 is 0 Å². The molecule has 0 atom stereocenters. The van der Waals surface area contributed by atoms with Crippen molar-refractivity contribution in [2.75, 3.05) is 0 Å². The van der Waals surface area contributed by atoms with Gasteiger partial charge in [0.25, 0.3) is 0 Å². The summed E-state index contributed by atoms with van der Waals surface area (Å²) in [6.07, 6.45) is 7.40. The highest BCUT2D eigenvalue weighted by Crippen LogP contribution is 2.37. The molecule has 0 spiro atoms. The number of thiazole rings is 1. The molecule has 1 fully saturated rings. The normalized spacial score (nSPS) is 26.1. The first-order valence-electron chi connectivity index (χ1n) is 6.66. The summed E-state index contributed by atoms with van der Waals surface area (Å²) in [5.74, 6) is 0.906. The van der Waals surface area contributed by atoms with E-state index in [1.807, 2.05) is 11.7 Å². The number of hydrogen-bond acceptors (Lipinski definition) is 3. The van der Waals surface area contributed by atoms with Crippen LogP contribution in [0.1, 0.15) is 51.3 Å². The van der Waals surface area contributed by atoms with Gasteiger partial charge in [-0.25, -0.2) is 0 Å². The molecule has 0 saturated heterocycles. The minimum Gasteiger partial charge on any atom is -0.309 e. The zero-order chi connectivity index (χ0) is 12.3. The molecule has 96 valence electrons. The van der Waals surface area contributed by atoms with E-state index in [-0.39, 0.29) is 0 Å². The summed E-state index contributed by atoms with van der Waals surface area (Å²) in [4.78, 5) is 5.46. The Hall–Kier alpha value is -0.410. The Kier molecular flexibility index (Phi) is 4.21. The lowest BCUT2D eigenvalue weighted by molar-refractivity contribution is 0.160. The van der Waals surface area contributed by atoms with E-state index >= 15 is 0 Å². The van der Waals surface area contributed by atoms with Crippen LogP contribution in [0.4, 0.5) is 0 Å². The molecule has 0 bridgehead atoms. The van der Waals surface area contributed by atoms with Crippen molar-refractivity contribution in [3.05, 3.63) is 16.6 Å². The molecule has 17 heavy (non-hydrogen) atoms. The van der Waals surface area contributed by atoms with E-state index in [4.69, 9.17) is 0 Å². The van der Waals surface area contributed by atoms with E-state index in [0.29, 0.717) is 5.41 Å². The predicted octanol–water partition coefficient (Wildman–Crippen LogP) is 3.84. The van der Waals surface area contributed by atoms with Crippen LogP contribution < -0.4 is 5.32 Å². The number of hydrogen-bond donors (Lipinski definition) is 1. The van der Waals surface area contributed by atoms with E-state index < -0.39 is 0 Å². The second-order valence-corrected chi connectivity index (χ2v) is 7.23. The van der Waals surface area contributed by atoms with Crippen molar-refractivity contribution < 1.29 is 0 Å². The van der Waals surface area contributed by atoms with Gasteiger partial charge in [-0.05, 0) is 37.0 Å². The van der Waals surface area contributed by atoms with Gasteiger partial charge in [0.1, 0.15) is 0 Å². The molecule has 2 nitrogen and oxygen atoms in total. The number of nitrogens with one attached hydrogen (secondary N) is 1. The van der Waals surface area contributed by atoms with Crippen molar-refractivity contribution >= 4 is 11.3 Å². The van der Waals surface area contributed by atoms with E-state index in [0.717, 1.165) is 18.5 Å². The molecule has 1 aromatic rings. The maximum Gasteiger partial charge on any atom is 0.0794 e. The van der Waals surface area contributed by atoms with Gasteiger partial charge in [-0.3, -0.25) is 4.98 Å². The third-order valence-corrected chi connectivity index (χ3v) is 4.78. The van der Waals surface area contributed by atoms with Gasteiger partial charge in [0.2, 0.25) is 0 Å². The summed E-state index contributed by atoms with van der Waals surface area (Å²) in [5.41, 5.74) is 2.40. The first-order chi connectivity index (χ1) is 8.05. The summed E-state index contributed by atoms with van der Waals surface area (Å²) >= 11 is 1.74. The van der Waals surface area contributed by atoms with E-state index in [2.05, 4.69) is 31.1 Å². The first kappa shape index (κ1) is 13.0. The van der Waals surface area contributed by atoms with Crippen LogP contribution >= 0.6 is 11.3 Å². The average Bonchev–Trinajstić information content (AvgIpc) is 2.78. The van der Waals surface area contributed by atoms with Crippen LogP contribution in [0.15, 0.2) is 11.7 Å². The molecule has 0 aromatic carbocycles. The van der Waals surface area contributed by atoms with Gasteiger partial charge in [-0.1, -0.05) is 20.8 Å². The lowest BCUT2D eigenvalue weighted by atomic mass is 9.71. The lowest BCUT2D eigenvalue weighted by Gasteiger charge is -2.37. The summed E-state index contributed by atoms with van der Waals surface area (Å²) in [7, 11) is 0. The third-order valence-electron chi connectivity index (χ3n) is 4.00. The highest BCUT2D eigenvalue weighted by atomic mass is 32.1. The Morgan fingerprint density at radius 1 is 1.29 bits per heavy atom. The maximum atomic E-state index is 4.11. The maximum absolute atomic E-state index is 4.11. The molecular weight excluding hydrogens is 228 g/mol. The van der Waals surface area contributed by atoms with Crippen LogP contribution in [-0.4, -0.2) is 11.0 Å². The lowest BCUT2D eigenvalue weighted by Crippen LogP contribution is -2.35. The molecule has 1 saturated carbocycles. The zero-order valence-electron chi connectivity index (χ0n) is 11.2. The third kappa shape index (κ3) is 3.78. The van der Waals surface area contributed by atoms with E-state index in [9.17, 15) is 0 Å². The van der Waals surface area contributed by atoms with Crippen molar-refractivity contribution in [1.29, 1.82) is 0 Å². The Morgan fingerprint density at radius 3 is 2.53 bits per heavy atom. The van der Waals surface area contributed by atoms with Crippen LogP contribution in [0.2, 0.25) is 0 Å². The minimum atomic E-state index is 0.489. The average molecular weight is 252 g/mol. The van der Waals surface area contributed by atoms with Crippen molar-refractivity contribution in [3.8, 4) is 0 Å². The van der Waals surface area contributed by atoms with Gasteiger partial charge in [-0.15, -0.1) is 11.3 Å². The topological polar surface area (TPSA) is 24.9 Å². The highest BCUT2D eigenvalue weighted by Gasteiger charge is 2.29. The molecule has 0 unspecified atom stereocenters. The predicted molar refractivity (Wildman–Crippen MR) is 74.2 cm³/mol. The van der Waals surface area contributed by atoms with Gasteiger partial charge in [0, 0.05) is 23.7 Å². The van der Waals surface area contributed by atoms with Crippen LogP contribution in [-0.2, 0) is 6.54 Å². The SMILES string of the molecule is CC(C)(C)C1CCC(NCc2cncs2)CC1. The van der Waals surface area contributed by atoms with Crippen LogP contribution in [0, 0.1) is 11.3 Å². The Balaban J connectivity index is 1.72. The van der Waals surface area contributed by atoms with E-state index in [1.165, 1.54) is 30.6 Å². The molecule has 1 aliphatic rings. The first-order valence-corrected chi connectivity index (χ1v) is 7.54. The fourth-order valence-corrected chi connectivity index (χ4v) is 3.28. The van der Waals surface area contributed by atoms with Crippen LogP contribution in [0.3, 0.4) is 0 Å². The summed E-state index contributed by atoms with van der Waals surface area (Å²) in [5, 5.41) is 3.67. The van der Waals surface area contributed by atoms with Crippen LogP contribution in [0.5, 0.6) is 0 Å².